The summed E-state index contributed by atoms with van der Waals surface area (Å²) in [5, 5.41) is 0.0603. The van der Waals surface area contributed by atoms with E-state index < -0.39 is 22.5 Å². The van der Waals surface area contributed by atoms with Gasteiger partial charge in [-0.2, -0.15) is 13.2 Å². The Bertz CT molecular complexity index is 638. The predicted molar refractivity (Wildman–Crippen MR) is 82.8 cm³/mol. The topological polar surface area (TPSA) is 34.1 Å². The van der Waals surface area contributed by atoms with Crippen LogP contribution in [0.3, 0.4) is 0 Å². The zero-order chi connectivity index (χ0) is 16.8. The molecule has 23 heavy (non-hydrogen) atoms. The molecule has 2 atom stereocenters. The molecule has 0 amide bonds. The zero-order valence-electron chi connectivity index (χ0n) is 12.9. The van der Waals surface area contributed by atoms with Gasteiger partial charge >= 0.3 is 6.18 Å². The van der Waals surface area contributed by atoms with Crippen molar-refractivity contribution in [3.8, 4) is 0 Å². The van der Waals surface area contributed by atoms with Crippen LogP contribution in [0.5, 0.6) is 0 Å². The molecule has 2 fully saturated rings. The molecule has 2 saturated heterocycles. The summed E-state index contributed by atoms with van der Waals surface area (Å²) in [7, 11) is -0.886. The first-order chi connectivity index (χ1) is 10.8. The number of halogens is 3. The highest BCUT2D eigenvalue weighted by Gasteiger charge is 2.41. The molecule has 2 nitrogen and oxygen atoms in total. The monoisotopic (exact) mass is 344 g/mol. The quantitative estimate of drug-likeness (QED) is 0.751. The summed E-state index contributed by atoms with van der Waals surface area (Å²) in [4.78, 5) is 12.8. The standard InChI is InChI=1S/C17H19F3O2S/c1-10-5-6-12(17(18,19)20)9-15(10)16(21)11-7-13-3-2-4-14(8-11)23(13)22/h5-6,9,11,13-14H,2-4,7-8H2,1H3. The van der Waals surface area contributed by atoms with Crippen LogP contribution in [-0.2, 0) is 17.0 Å². The van der Waals surface area contributed by atoms with Gasteiger partial charge in [-0.15, -0.1) is 0 Å². The van der Waals surface area contributed by atoms with Crippen molar-refractivity contribution in [2.75, 3.05) is 0 Å². The molecule has 2 bridgehead atoms. The third-order valence-electron chi connectivity index (χ3n) is 5.01. The molecule has 0 saturated carbocycles. The molecule has 6 heteroatoms. The number of rotatable bonds is 2. The number of benzene rings is 1. The van der Waals surface area contributed by atoms with Crippen LogP contribution >= 0.6 is 0 Å². The van der Waals surface area contributed by atoms with E-state index in [0.29, 0.717) is 18.4 Å². The van der Waals surface area contributed by atoms with Crippen molar-refractivity contribution in [1.82, 2.24) is 0 Å². The highest BCUT2D eigenvalue weighted by atomic mass is 32.2. The van der Waals surface area contributed by atoms with Crippen molar-refractivity contribution < 1.29 is 22.2 Å². The fourth-order valence-electron chi connectivity index (χ4n) is 3.73. The second-order valence-electron chi connectivity index (χ2n) is 6.56. The fraction of sp³-hybridized carbons (Fsp3) is 0.588. The van der Waals surface area contributed by atoms with Gasteiger partial charge in [0.25, 0.3) is 0 Å². The molecule has 1 aromatic rings. The molecule has 1 aromatic carbocycles. The fourth-order valence-corrected chi connectivity index (χ4v) is 5.92. The molecule has 0 spiro atoms. The lowest BCUT2D eigenvalue weighted by Crippen LogP contribution is -2.41. The Balaban J connectivity index is 1.87. The highest BCUT2D eigenvalue weighted by Crippen LogP contribution is 2.39. The van der Waals surface area contributed by atoms with Gasteiger partial charge in [-0.3, -0.25) is 9.00 Å². The summed E-state index contributed by atoms with van der Waals surface area (Å²) in [6, 6.07) is 3.34. The van der Waals surface area contributed by atoms with Gasteiger partial charge in [0.05, 0.1) is 5.56 Å². The van der Waals surface area contributed by atoms with Gasteiger partial charge in [-0.1, -0.05) is 12.5 Å². The number of hydrogen-bond acceptors (Lipinski definition) is 2. The number of Topliss-reactive ketones (excluding diaryl/α,β-unsaturated/α-hetero) is 1. The summed E-state index contributed by atoms with van der Waals surface area (Å²) in [6.07, 6.45) is -0.629. The number of hydrogen-bond donors (Lipinski definition) is 0. The second-order valence-corrected chi connectivity index (χ2v) is 8.55. The molecule has 0 aromatic heterocycles. The van der Waals surface area contributed by atoms with Gasteiger partial charge in [0, 0.05) is 32.8 Å². The molecule has 0 aliphatic carbocycles. The van der Waals surface area contributed by atoms with E-state index in [1.54, 1.807) is 6.92 Å². The smallest absolute Gasteiger partial charge is 0.294 e. The lowest BCUT2D eigenvalue weighted by atomic mass is 9.83. The normalized spacial score (nSPS) is 31.0. The lowest BCUT2D eigenvalue weighted by molar-refractivity contribution is -0.137. The van der Waals surface area contributed by atoms with E-state index >= 15 is 0 Å². The molecular weight excluding hydrogens is 325 g/mol. The molecule has 2 aliphatic rings. The van der Waals surface area contributed by atoms with Crippen molar-refractivity contribution in [1.29, 1.82) is 0 Å². The van der Waals surface area contributed by atoms with E-state index in [1.165, 1.54) is 6.07 Å². The first-order valence-electron chi connectivity index (χ1n) is 7.89. The van der Waals surface area contributed by atoms with E-state index in [0.717, 1.165) is 31.4 Å². The van der Waals surface area contributed by atoms with Crippen molar-refractivity contribution in [3.05, 3.63) is 34.9 Å². The largest absolute Gasteiger partial charge is 0.416 e. The van der Waals surface area contributed by atoms with E-state index in [2.05, 4.69) is 0 Å². The second kappa shape index (κ2) is 6.04. The number of alkyl halides is 3. The Morgan fingerprint density at radius 1 is 1.17 bits per heavy atom. The van der Waals surface area contributed by atoms with Crippen LogP contribution in [0.2, 0.25) is 0 Å². The molecule has 0 N–H and O–H groups in total. The molecule has 2 heterocycles. The average molecular weight is 344 g/mol. The Morgan fingerprint density at radius 3 is 2.35 bits per heavy atom. The average Bonchev–Trinajstić information content (AvgIpc) is 2.45. The van der Waals surface area contributed by atoms with Crippen LogP contribution in [0.25, 0.3) is 0 Å². The minimum atomic E-state index is -4.45. The summed E-state index contributed by atoms with van der Waals surface area (Å²) < 4.78 is 50.9. The lowest BCUT2D eigenvalue weighted by Gasteiger charge is -2.37. The highest BCUT2D eigenvalue weighted by molar-refractivity contribution is 7.86. The van der Waals surface area contributed by atoms with E-state index in [4.69, 9.17) is 0 Å². The van der Waals surface area contributed by atoms with Crippen molar-refractivity contribution >= 4 is 16.6 Å². The van der Waals surface area contributed by atoms with Crippen LogP contribution in [0, 0.1) is 12.8 Å². The number of carbonyl (C=O) groups excluding carboxylic acids is 1. The molecule has 2 aliphatic heterocycles. The maximum atomic E-state index is 12.9. The summed E-state index contributed by atoms with van der Waals surface area (Å²) in [6.45, 7) is 1.66. The van der Waals surface area contributed by atoms with Crippen LogP contribution in [0.1, 0.15) is 53.6 Å². The summed E-state index contributed by atoms with van der Waals surface area (Å²) in [5.74, 6) is -0.521. The van der Waals surface area contributed by atoms with Gasteiger partial charge < -0.3 is 0 Å². The Labute approximate surface area is 135 Å². The first-order valence-corrected chi connectivity index (χ1v) is 9.16. The van der Waals surface area contributed by atoms with Gasteiger partial charge in [0.15, 0.2) is 5.78 Å². The van der Waals surface area contributed by atoms with Crippen molar-refractivity contribution in [2.45, 2.75) is 55.7 Å². The Morgan fingerprint density at radius 2 is 1.78 bits per heavy atom. The van der Waals surface area contributed by atoms with Crippen LogP contribution < -0.4 is 0 Å². The van der Waals surface area contributed by atoms with Gasteiger partial charge in [0.1, 0.15) is 0 Å². The number of aryl methyl sites for hydroxylation is 1. The minimum Gasteiger partial charge on any atom is -0.294 e. The third-order valence-corrected chi connectivity index (χ3v) is 7.18. The first kappa shape index (κ1) is 16.7. The summed E-state index contributed by atoms with van der Waals surface area (Å²) in [5.41, 5.74) is -0.0542. The van der Waals surface area contributed by atoms with Crippen LogP contribution in [0.4, 0.5) is 13.2 Å². The van der Waals surface area contributed by atoms with Gasteiger partial charge in [-0.25, -0.2) is 0 Å². The third kappa shape index (κ3) is 3.23. The number of carbonyl (C=O) groups is 1. The van der Waals surface area contributed by atoms with Crippen molar-refractivity contribution in [2.24, 2.45) is 5.92 Å². The molecule has 2 unspecified atom stereocenters. The number of ketones is 1. The number of fused-ring (bicyclic) bond motifs is 2. The van der Waals surface area contributed by atoms with Crippen LogP contribution in [-0.4, -0.2) is 20.5 Å². The van der Waals surface area contributed by atoms with Crippen molar-refractivity contribution in [3.63, 3.8) is 0 Å². The van der Waals surface area contributed by atoms with E-state index in [1.807, 2.05) is 0 Å². The van der Waals surface area contributed by atoms with Gasteiger partial charge in [-0.05, 0) is 50.3 Å². The van der Waals surface area contributed by atoms with E-state index in [9.17, 15) is 22.2 Å². The zero-order valence-corrected chi connectivity index (χ0v) is 13.7. The Kier molecular flexibility index (Phi) is 4.38. The Hall–Kier alpha value is -1.17. The molecule has 3 rings (SSSR count). The molecule has 0 radical (unpaired) electrons. The van der Waals surface area contributed by atoms with Crippen LogP contribution in [0.15, 0.2) is 18.2 Å². The molecular formula is C17H19F3O2S. The maximum Gasteiger partial charge on any atom is 0.416 e. The SMILES string of the molecule is Cc1ccc(C(F)(F)F)cc1C(=O)C1CC2CCCC(C1)S2=O. The predicted octanol–water partition coefficient (Wildman–Crippen LogP) is 4.28. The summed E-state index contributed by atoms with van der Waals surface area (Å²) >= 11 is 0. The van der Waals surface area contributed by atoms with E-state index in [-0.39, 0.29) is 27.8 Å². The maximum absolute atomic E-state index is 12.9. The molecule has 126 valence electrons. The van der Waals surface area contributed by atoms with Gasteiger partial charge in [0.2, 0.25) is 0 Å². The minimum absolute atomic E-state index is 0.0301.